The molecule has 0 atom stereocenters. The number of aliphatic imine (C=N–C) groups is 1. The molecule has 0 spiro atoms. The summed E-state index contributed by atoms with van der Waals surface area (Å²) >= 11 is 5.61. The number of benzene rings is 1. The van der Waals surface area contributed by atoms with Gasteiger partial charge in [-0.3, -0.25) is 0 Å². The fraction of sp³-hybridized carbons (Fsp3) is 0.385. The van der Waals surface area contributed by atoms with Crippen LogP contribution in [0, 0.1) is 5.92 Å². The number of halogens is 1. The summed E-state index contributed by atoms with van der Waals surface area (Å²) in [6.45, 7) is 4.34. The van der Waals surface area contributed by atoms with Crippen molar-refractivity contribution < 1.29 is 0 Å². The number of nitrogens with one attached hydrogen (secondary N) is 1. The van der Waals surface area contributed by atoms with Crippen LogP contribution in [-0.4, -0.2) is 21.7 Å². The molecule has 2 aromatic rings. The third-order valence-electron chi connectivity index (χ3n) is 2.53. The molecule has 2 rings (SSSR count). The zero-order chi connectivity index (χ0) is 13.1. The molecular weight excluding hydrogens is 248 g/mol. The molecule has 0 unspecified atom stereocenters. The van der Waals surface area contributed by atoms with Crippen LogP contribution in [0.5, 0.6) is 0 Å². The topological polar surface area (TPSA) is 67.1 Å². The molecule has 0 aliphatic heterocycles. The van der Waals surface area contributed by atoms with Crippen molar-refractivity contribution in [3.63, 3.8) is 0 Å². The van der Waals surface area contributed by atoms with Crippen molar-refractivity contribution in [2.75, 3.05) is 5.88 Å². The number of alkyl halides is 1. The van der Waals surface area contributed by atoms with E-state index in [0.29, 0.717) is 11.8 Å². The number of imidazole rings is 1. The number of rotatable bonds is 4. The second kappa shape index (κ2) is 5.40. The first-order chi connectivity index (χ1) is 8.58. The van der Waals surface area contributed by atoms with Gasteiger partial charge in [0.1, 0.15) is 11.7 Å². The van der Waals surface area contributed by atoms with Gasteiger partial charge >= 0.3 is 0 Å². The van der Waals surface area contributed by atoms with E-state index in [-0.39, 0.29) is 5.88 Å². The molecule has 4 nitrogen and oxygen atoms in total. The van der Waals surface area contributed by atoms with Gasteiger partial charge in [0, 0.05) is 6.42 Å². The van der Waals surface area contributed by atoms with Crippen molar-refractivity contribution in [2.24, 2.45) is 16.6 Å². The Morgan fingerprint density at radius 1 is 1.50 bits per heavy atom. The number of nitrogens with two attached hydrogens (primary N) is 1. The molecule has 1 aromatic carbocycles. The standard InChI is InChI=1S/C13H17ClN4/c1-8(2)5-13-17-10-4-3-9(6-11(10)18-13)16-12(15)7-14/h3-4,6,8H,5,7H2,1-2H3,(H2,15,16)(H,17,18). The van der Waals surface area contributed by atoms with Crippen molar-refractivity contribution in [3.05, 3.63) is 24.0 Å². The number of nitrogens with zero attached hydrogens (tertiary/aromatic N) is 2. The zero-order valence-electron chi connectivity index (χ0n) is 10.6. The lowest BCUT2D eigenvalue weighted by molar-refractivity contribution is 0.627. The molecule has 0 saturated heterocycles. The summed E-state index contributed by atoms with van der Waals surface area (Å²) in [6, 6.07) is 5.77. The average Bonchev–Trinajstić information content (AvgIpc) is 2.69. The highest BCUT2D eigenvalue weighted by Gasteiger charge is 2.05. The molecule has 1 heterocycles. The zero-order valence-corrected chi connectivity index (χ0v) is 11.3. The number of aromatic nitrogens is 2. The van der Waals surface area contributed by atoms with Gasteiger partial charge in [0.15, 0.2) is 0 Å². The fourth-order valence-electron chi connectivity index (χ4n) is 1.80. The average molecular weight is 265 g/mol. The van der Waals surface area contributed by atoms with Gasteiger partial charge in [0.05, 0.1) is 22.6 Å². The summed E-state index contributed by atoms with van der Waals surface area (Å²) in [5, 5.41) is 0. The predicted molar refractivity (Wildman–Crippen MR) is 76.6 cm³/mol. The SMILES string of the molecule is CC(C)Cc1nc2ccc(N=C(N)CCl)cc2[nH]1. The second-order valence-electron chi connectivity index (χ2n) is 4.72. The largest absolute Gasteiger partial charge is 0.386 e. The van der Waals surface area contributed by atoms with Crippen molar-refractivity contribution in [1.29, 1.82) is 0 Å². The molecule has 5 heteroatoms. The Bertz CT molecular complexity index is 571. The van der Waals surface area contributed by atoms with Crippen LogP contribution in [0.4, 0.5) is 5.69 Å². The highest BCUT2D eigenvalue weighted by Crippen LogP contribution is 2.20. The minimum Gasteiger partial charge on any atom is -0.386 e. The Morgan fingerprint density at radius 2 is 2.28 bits per heavy atom. The summed E-state index contributed by atoms with van der Waals surface area (Å²) in [6.07, 6.45) is 0.942. The van der Waals surface area contributed by atoms with E-state index in [1.54, 1.807) is 0 Å². The van der Waals surface area contributed by atoms with E-state index in [2.05, 4.69) is 28.8 Å². The second-order valence-corrected chi connectivity index (χ2v) is 4.99. The minimum absolute atomic E-state index is 0.236. The Hall–Kier alpha value is -1.55. The van der Waals surface area contributed by atoms with E-state index in [4.69, 9.17) is 17.3 Å². The van der Waals surface area contributed by atoms with Crippen LogP contribution in [0.15, 0.2) is 23.2 Å². The molecule has 18 heavy (non-hydrogen) atoms. The Kier molecular flexibility index (Phi) is 3.87. The number of amidine groups is 1. The van der Waals surface area contributed by atoms with Gasteiger partial charge in [0.2, 0.25) is 0 Å². The number of hydrogen-bond acceptors (Lipinski definition) is 2. The summed E-state index contributed by atoms with van der Waals surface area (Å²) in [4.78, 5) is 12.0. The number of fused-ring (bicyclic) bond motifs is 1. The van der Waals surface area contributed by atoms with Crippen molar-refractivity contribution in [2.45, 2.75) is 20.3 Å². The molecule has 0 aliphatic rings. The molecule has 96 valence electrons. The highest BCUT2D eigenvalue weighted by atomic mass is 35.5. The van der Waals surface area contributed by atoms with Crippen LogP contribution < -0.4 is 5.73 Å². The lowest BCUT2D eigenvalue weighted by Gasteiger charge is -1.98. The summed E-state index contributed by atoms with van der Waals surface area (Å²) in [5.41, 5.74) is 8.34. The van der Waals surface area contributed by atoms with E-state index < -0.39 is 0 Å². The van der Waals surface area contributed by atoms with Gasteiger partial charge in [-0.2, -0.15) is 0 Å². The van der Waals surface area contributed by atoms with Gasteiger partial charge < -0.3 is 10.7 Å². The molecule has 3 N–H and O–H groups in total. The van der Waals surface area contributed by atoms with Crippen LogP contribution in [-0.2, 0) is 6.42 Å². The normalized spacial score (nSPS) is 12.6. The first kappa shape index (κ1) is 12.9. The van der Waals surface area contributed by atoms with E-state index >= 15 is 0 Å². The van der Waals surface area contributed by atoms with E-state index in [1.165, 1.54) is 0 Å². The van der Waals surface area contributed by atoms with Crippen LogP contribution >= 0.6 is 11.6 Å². The predicted octanol–water partition coefficient (Wildman–Crippen LogP) is 2.99. The summed E-state index contributed by atoms with van der Waals surface area (Å²) < 4.78 is 0. The molecule has 0 amide bonds. The molecule has 0 radical (unpaired) electrons. The Balaban J connectivity index is 2.33. The first-order valence-electron chi connectivity index (χ1n) is 5.96. The molecule has 0 fully saturated rings. The lowest BCUT2D eigenvalue weighted by atomic mass is 10.1. The van der Waals surface area contributed by atoms with Crippen LogP contribution in [0.2, 0.25) is 0 Å². The van der Waals surface area contributed by atoms with Gasteiger partial charge in [-0.15, -0.1) is 11.6 Å². The van der Waals surface area contributed by atoms with E-state index in [0.717, 1.165) is 29.0 Å². The molecule has 0 bridgehead atoms. The number of aromatic amines is 1. The smallest absolute Gasteiger partial charge is 0.115 e. The highest BCUT2D eigenvalue weighted by molar-refractivity contribution is 6.28. The third kappa shape index (κ3) is 3.01. The monoisotopic (exact) mass is 264 g/mol. The van der Waals surface area contributed by atoms with E-state index in [9.17, 15) is 0 Å². The van der Waals surface area contributed by atoms with Gasteiger partial charge in [-0.05, 0) is 24.1 Å². The maximum atomic E-state index is 5.61. The van der Waals surface area contributed by atoms with Gasteiger partial charge in [-0.25, -0.2) is 9.98 Å². The van der Waals surface area contributed by atoms with Crippen LogP contribution in [0.1, 0.15) is 19.7 Å². The van der Waals surface area contributed by atoms with Crippen LogP contribution in [0.3, 0.4) is 0 Å². The van der Waals surface area contributed by atoms with Crippen molar-refractivity contribution >= 4 is 34.2 Å². The Labute approximate surface area is 111 Å². The summed E-state index contributed by atoms with van der Waals surface area (Å²) in [7, 11) is 0. The lowest BCUT2D eigenvalue weighted by Crippen LogP contribution is -2.12. The molecule has 0 aliphatic carbocycles. The van der Waals surface area contributed by atoms with E-state index in [1.807, 2.05) is 18.2 Å². The molecule has 0 saturated carbocycles. The van der Waals surface area contributed by atoms with Crippen LogP contribution in [0.25, 0.3) is 11.0 Å². The summed E-state index contributed by atoms with van der Waals surface area (Å²) in [5.74, 6) is 2.24. The van der Waals surface area contributed by atoms with Crippen molar-refractivity contribution in [1.82, 2.24) is 9.97 Å². The molecular formula is C13H17ClN4. The number of hydrogen-bond donors (Lipinski definition) is 2. The number of H-pyrrole nitrogens is 1. The Morgan fingerprint density at radius 3 is 2.94 bits per heavy atom. The van der Waals surface area contributed by atoms with Crippen molar-refractivity contribution in [3.8, 4) is 0 Å². The fourth-order valence-corrected chi connectivity index (χ4v) is 1.86. The third-order valence-corrected chi connectivity index (χ3v) is 2.80. The maximum Gasteiger partial charge on any atom is 0.115 e. The first-order valence-corrected chi connectivity index (χ1v) is 6.49. The molecule has 1 aromatic heterocycles. The minimum atomic E-state index is 0.236. The quantitative estimate of drug-likeness (QED) is 0.506. The maximum absolute atomic E-state index is 5.61. The van der Waals surface area contributed by atoms with Gasteiger partial charge in [-0.1, -0.05) is 13.8 Å². The van der Waals surface area contributed by atoms with Gasteiger partial charge in [0.25, 0.3) is 0 Å².